The van der Waals surface area contributed by atoms with Crippen molar-refractivity contribution >= 4 is 27.8 Å². The van der Waals surface area contributed by atoms with Crippen LogP contribution < -0.4 is 10.2 Å². The van der Waals surface area contributed by atoms with E-state index in [2.05, 4.69) is 44.4 Å². The van der Waals surface area contributed by atoms with E-state index in [0.717, 1.165) is 77.7 Å². The Kier molecular flexibility index (Phi) is 4.25. The number of benzene rings is 1. The standard InChI is InChI=1S/C24H26N6O2/c1-2-19(18-4-5-25-20(18)3-1)23-27-21-11-17(14-30-13-15-10-16(30)12-26-15)32-22(21)24(28-23)29-6-8-31-9-7-29/h1-5,11,15-16,25-26H,6-10,12-14H2/t15-,16-/m0/s1. The van der Waals surface area contributed by atoms with Crippen molar-refractivity contribution in [3.63, 3.8) is 0 Å². The molecule has 0 unspecified atom stereocenters. The number of H-pyrrole nitrogens is 1. The first-order valence-corrected chi connectivity index (χ1v) is 11.5. The molecule has 8 nitrogen and oxygen atoms in total. The van der Waals surface area contributed by atoms with E-state index in [1.165, 1.54) is 6.42 Å². The summed E-state index contributed by atoms with van der Waals surface area (Å²) in [4.78, 5) is 18.1. The quantitative estimate of drug-likeness (QED) is 0.515. The molecule has 0 spiro atoms. The summed E-state index contributed by atoms with van der Waals surface area (Å²) in [5.74, 6) is 2.58. The summed E-state index contributed by atoms with van der Waals surface area (Å²) in [7, 11) is 0. The second-order valence-corrected chi connectivity index (χ2v) is 9.07. The number of morpholine rings is 1. The average Bonchev–Trinajstić information content (AvgIpc) is 3.62. The Hall–Kier alpha value is -2.94. The highest BCUT2D eigenvalue weighted by atomic mass is 16.5. The van der Waals surface area contributed by atoms with E-state index in [4.69, 9.17) is 19.1 Å². The van der Waals surface area contributed by atoms with Gasteiger partial charge in [0.1, 0.15) is 11.3 Å². The zero-order chi connectivity index (χ0) is 21.1. The molecule has 1 aromatic carbocycles. The highest BCUT2D eigenvalue weighted by Crippen LogP contribution is 2.34. The molecule has 2 atom stereocenters. The number of anilines is 1. The predicted octanol–water partition coefficient (Wildman–Crippen LogP) is 2.75. The number of furan rings is 1. The molecule has 3 saturated heterocycles. The van der Waals surface area contributed by atoms with Gasteiger partial charge in [0.25, 0.3) is 0 Å². The number of rotatable bonds is 4. The van der Waals surface area contributed by atoms with E-state index in [9.17, 15) is 0 Å². The molecule has 2 bridgehead atoms. The van der Waals surface area contributed by atoms with E-state index in [-0.39, 0.29) is 0 Å². The van der Waals surface area contributed by atoms with Crippen molar-refractivity contribution < 1.29 is 9.15 Å². The topological polar surface area (TPSA) is 82.4 Å². The largest absolute Gasteiger partial charge is 0.454 e. The molecular formula is C24H26N6O2. The number of ether oxygens (including phenoxy) is 1. The van der Waals surface area contributed by atoms with Gasteiger partial charge in [-0.25, -0.2) is 9.97 Å². The molecule has 3 aromatic heterocycles. The molecule has 4 aromatic rings. The van der Waals surface area contributed by atoms with E-state index in [1.54, 1.807) is 0 Å². The van der Waals surface area contributed by atoms with Crippen molar-refractivity contribution in [1.82, 2.24) is 25.2 Å². The third-order valence-electron chi connectivity index (χ3n) is 7.08. The summed E-state index contributed by atoms with van der Waals surface area (Å²) in [5.41, 5.74) is 3.78. The monoisotopic (exact) mass is 430 g/mol. The lowest BCUT2D eigenvalue weighted by Crippen LogP contribution is -2.42. The van der Waals surface area contributed by atoms with Crippen molar-refractivity contribution in [3.05, 3.63) is 42.3 Å². The first kappa shape index (κ1) is 18.6. The minimum absolute atomic E-state index is 0.611. The molecule has 6 heterocycles. The molecule has 3 aliphatic rings. The molecule has 2 N–H and O–H groups in total. The highest BCUT2D eigenvalue weighted by molar-refractivity contribution is 5.95. The molecular weight excluding hydrogens is 404 g/mol. The van der Waals surface area contributed by atoms with Crippen molar-refractivity contribution in [2.45, 2.75) is 25.0 Å². The Morgan fingerprint density at radius 1 is 1.12 bits per heavy atom. The number of hydrogen-bond acceptors (Lipinski definition) is 7. The second kappa shape index (κ2) is 7.30. The average molecular weight is 431 g/mol. The summed E-state index contributed by atoms with van der Waals surface area (Å²) in [5, 5.41) is 4.70. The van der Waals surface area contributed by atoms with Gasteiger partial charge in [-0.3, -0.25) is 4.90 Å². The van der Waals surface area contributed by atoms with Crippen molar-refractivity contribution in [3.8, 4) is 11.4 Å². The number of likely N-dealkylation sites (tertiary alicyclic amines) is 1. The van der Waals surface area contributed by atoms with Gasteiger partial charge in [0.2, 0.25) is 0 Å². The third-order valence-corrected chi connectivity index (χ3v) is 7.08. The molecule has 0 saturated carbocycles. The van der Waals surface area contributed by atoms with Gasteiger partial charge < -0.3 is 24.4 Å². The van der Waals surface area contributed by atoms with Crippen LogP contribution in [-0.4, -0.2) is 71.3 Å². The molecule has 0 amide bonds. The fourth-order valence-corrected chi connectivity index (χ4v) is 5.47. The lowest BCUT2D eigenvalue weighted by Gasteiger charge is -2.28. The van der Waals surface area contributed by atoms with Crippen LogP contribution in [0.1, 0.15) is 12.2 Å². The Morgan fingerprint density at radius 3 is 2.91 bits per heavy atom. The van der Waals surface area contributed by atoms with Gasteiger partial charge in [-0.15, -0.1) is 0 Å². The van der Waals surface area contributed by atoms with Crippen molar-refractivity contribution in [1.29, 1.82) is 0 Å². The van der Waals surface area contributed by atoms with Crippen LogP contribution in [0, 0.1) is 0 Å². The van der Waals surface area contributed by atoms with Gasteiger partial charge in [-0.1, -0.05) is 12.1 Å². The number of nitrogens with zero attached hydrogens (tertiary/aromatic N) is 4. The molecule has 7 rings (SSSR count). The van der Waals surface area contributed by atoms with Crippen LogP contribution in [0.25, 0.3) is 33.4 Å². The number of aromatic amines is 1. The summed E-state index contributed by atoms with van der Waals surface area (Å²) in [6, 6.07) is 11.7. The fraction of sp³-hybridized carbons (Fsp3) is 0.417. The smallest absolute Gasteiger partial charge is 0.195 e. The highest BCUT2D eigenvalue weighted by Gasteiger charge is 2.37. The van der Waals surface area contributed by atoms with E-state index >= 15 is 0 Å². The van der Waals surface area contributed by atoms with E-state index < -0.39 is 0 Å². The third kappa shape index (κ3) is 3.02. The van der Waals surface area contributed by atoms with Crippen LogP contribution in [0.5, 0.6) is 0 Å². The number of aromatic nitrogens is 3. The summed E-state index contributed by atoms with van der Waals surface area (Å²) in [6.45, 7) is 6.00. The molecule has 0 aliphatic carbocycles. The maximum absolute atomic E-state index is 6.41. The minimum Gasteiger partial charge on any atom is -0.454 e. The number of fused-ring (bicyclic) bond motifs is 4. The number of hydrogen-bond donors (Lipinski definition) is 2. The summed E-state index contributed by atoms with van der Waals surface area (Å²) < 4.78 is 12.0. The molecule has 3 aliphatic heterocycles. The Morgan fingerprint density at radius 2 is 2.06 bits per heavy atom. The number of nitrogens with one attached hydrogen (secondary N) is 2. The molecule has 8 heteroatoms. The van der Waals surface area contributed by atoms with Gasteiger partial charge in [0.05, 0.1) is 19.8 Å². The lowest BCUT2D eigenvalue weighted by atomic mass is 10.1. The Balaban J connectivity index is 1.33. The zero-order valence-corrected chi connectivity index (χ0v) is 17.9. The van der Waals surface area contributed by atoms with Crippen LogP contribution in [0.3, 0.4) is 0 Å². The van der Waals surface area contributed by atoms with Gasteiger partial charge in [0.15, 0.2) is 17.2 Å². The van der Waals surface area contributed by atoms with Crippen LogP contribution in [0.2, 0.25) is 0 Å². The fourth-order valence-electron chi connectivity index (χ4n) is 5.47. The first-order chi connectivity index (χ1) is 15.8. The van der Waals surface area contributed by atoms with Gasteiger partial charge in [-0.2, -0.15) is 0 Å². The normalized spacial score (nSPS) is 23.7. The van der Waals surface area contributed by atoms with Crippen LogP contribution in [0.15, 0.2) is 40.9 Å². The van der Waals surface area contributed by atoms with Crippen LogP contribution >= 0.6 is 0 Å². The summed E-state index contributed by atoms with van der Waals surface area (Å²) >= 11 is 0. The maximum atomic E-state index is 6.41. The zero-order valence-electron chi connectivity index (χ0n) is 17.9. The molecule has 164 valence electrons. The maximum Gasteiger partial charge on any atom is 0.195 e. The predicted molar refractivity (Wildman–Crippen MR) is 123 cm³/mol. The van der Waals surface area contributed by atoms with E-state index in [0.29, 0.717) is 25.3 Å². The summed E-state index contributed by atoms with van der Waals surface area (Å²) in [6.07, 6.45) is 3.20. The molecule has 32 heavy (non-hydrogen) atoms. The number of piperazine rings is 1. The lowest BCUT2D eigenvalue weighted by molar-refractivity contribution is 0.122. The van der Waals surface area contributed by atoms with Crippen LogP contribution in [0.4, 0.5) is 5.82 Å². The van der Waals surface area contributed by atoms with Gasteiger partial charge >= 0.3 is 0 Å². The molecule has 0 radical (unpaired) electrons. The minimum atomic E-state index is 0.611. The van der Waals surface area contributed by atoms with Crippen molar-refractivity contribution in [2.24, 2.45) is 0 Å². The second-order valence-electron chi connectivity index (χ2n) is 9.07. The van der Waals surface area contributed by atoms with Gasteiger partial charge in [-0.05, 0) is 18.6 Å². The molecule has 3 fully saturated rings. The van der Waals surface area contributed by atoms with Crippen LogP contribution in [-0.2, 0) is 11.3 Å². The Bertz CT molecular complexity index is 1290. The Labute approximate surface area is 185 Å². The van der Waals surface area contributed by atoms with Gasteiger partial charge in [0, 0.05) is 67.0 Å². The van der Waals surface area contributed by atoms with Crippen molar-refractivity contribution in [2.75, 3.05) is 44.3 Å². The first-order valence-electron chi connectivity index (χ1n) is 11.5. The van der Waals surface area contributed by atoms with E-state index in [1.807, 2.05) is 12.3 Å². The SMILES string of the molecule is c1cc(-c2nc(N3CCOCC3)c3oc(CN4C[C@@H]5C[C@H]4CN5)cc3n2)c2cc[nH]c2c1.